The Kier molecular flexibility index (Phi) is 6.92. The summed E-state index contributed by atoms with van der Waals surface area (Å²) >= 11 is 1.40. The maximum atomic E-state index is 12.7. The molecule has 28 heavy (non-hydrogen) atoms. The van der Waals surface area contributed by atoms with Gasteiger partial charge in [0.1, 0.15) is 5.82 Å². The van der Waals surface area contributed by atoms with Gasteiger partial charge in [-0.2, -0.15) is 0 Å². The third-order valence-electron chi connectivity index (χ3n) is 5.04. The van der Waals surface area contributed by atoms with E-state index in [1.54, 1.807) is 18.2 Å². The number of carbonyl (C=O) groups is 2. The first-order chi connectivity index (χ1) is 13.5. The second kappa shape index (κ2) is 9.59. The molecule has 1 saturated carbocycles. The summed E-state index contributed by atoms with van der Waals surface area (Å²) < 4.78 is 0. The number of hydrogen-bond acceptors (Lipinski definition) is 5. The molecule has 2 aromatic rings. The number of rotatable bonds is 6. The monoisotopic (exact) mass is 398 g/mol. The highest BCUT2D eigenvalue weighted by atomic mass is 32.2. The van der Waals surface area contributed by atoms with Crippen molar-refractivity contribution in [3.63, 3.8) is 0 Å². The third-order valence-corrected chi connectivity index (χ3v) is 6.10. The van der Waals surface area contributed by atoms with Crippen molar-refractivity contribution in [2.45, 2.75) is 43.0 Å². The minimum atomic E-state index is -0.234. The fourth-order valence-electron chi connectivity index (χ4n) is 3.37. The van der Waals surface area contributed by atoms with Crippen LogP contribution in [0.3, 0.4) is 0 Å². The van der Waals surface area contributed by atoms with Gasteiger partial charge in [0.25, 0.3) is 5.91 Å². The van der Waals surface area contributed by atoms with Gasteiger partial charge in [-0.1, -0.05) is 31.4 Å². The second-order valence-corrected chi connectivity index (χ2v) is 8.02. The lowest BCUT2D eigenvalue weighted by Gasteiger charge is -2.31. The van der Waals surface area contributed by atoms with Crippen LogP contribution in [0.5, 0.6) is 0 Å². The number of nitrogen functional groups attached to an aromatic ring is 1. The van der Waals surface area contributed by atoms with Gasteiger partial charge in [-0.3, -0.25) is 9.59 Å². The van der Waals surface area contributed by atoms with E-state index in [4.69, 9.17) is 5.73 Å². The average Bonchev–Trinajstić information content (AvgIpc) is 2.74. The second-order valence-electron chi connectivity index (χ2n) is 7.01. The van der Waals surface area contributed by atoms with Crippen molar-refractivity contribution < 1.29 is 9.59 Å². The van der Waals surface area contributed by atoms with E-state index in [2.05, 4.69) is 10.3 Å². The van der Waals surface area contributed by atoms with Gasteiger partial charge in [-0.15, -0.1) is 11.8 Å². The predicted molar refractivity (Wildman–Crippen MR) is 113 cm³/mol. The van der Waals surface area contributed by atoms with Crippen LogP contribution in [0.1, 0.15) is 42.5 Å². The van der Waals surface area contributed by atoms with Crippen LogP contribution in [0, 0.1) is 0 Å². The predicted octanol–water partition coefficient (Wildman–Crippen LogP) is 3.80. The SMILES string of the molecule is CN(C(=O)CSc1ccccc1C(=O)Nc1ccc(N)nc1)C1CCCCC1. The summed E-state index contributed by atoms with van der Waals surface area (Å²) in [6.07, 6.45) is 7.34. The van der Waals surface area contributed by atoms with Crippen molar-refractivity contribution in [3.8, 4) is 0 Å². The maximum absolute atomic E-state index is 12.7. The summed E-state index contributed by atoms with van der Waals surface area (Å²) in [7, 11) is 1.89. The van der Waals surface area contributed by atoms with E-state index in [-0.39, 0.29) is 11.8 Å². The van der Waals surface area contributed by atoms with Crippen LogP contribution in [0.2, 0.25) is 0 Å². The summed E-state index contributed by atoms with van der Waals surface area (Å²) in [5, 5.41) is 2.82. The number of thioether (sulfide) groups is 1. The number of amides is 2. The van der Waals surface area contributed by atoms with Crippen LogP contribution in [0.25, 0.3) is 0 Å². The molecule has 0 aliphatic heterocycles. The van der Waals surface area contributed by atoms with E-state index in [0.29, 0.717) is 28.9 Å². The van der Waals surface area contributed by atoms with Gasteiger partial charge in [0.2, 0.25) is 5.91 Å². The Morgan fingerprint density at radius 2 is 1.93 bits per heavy atom. The van der Waals surface area contributed by atoms with Gasteiger partial charge in [-0.25, -0.2) is 4.98 Å². The maximum Gasteiger partial charge on any atom is 0.256 e. The number of carbonyl (C=O) groups excluding carboxylic acids is 2. The standard InChI is InChI=1S/C21H26N4O2S/c1-25(16-7-3-2-4-8-16)20(26)14-28-18-10-6-5-9-17(18)21(27)24-15-11-12-19(22)23-13-15/h5-6,9-13,16H,2-4,7-8,14H2,1H3,(H2,22,23)(H,24,27). The summed E-state index contributed by atoms with van der Waals surface area (Å²) in [4.78, 5) is 31.9. The fraction of sp³-hybridized carbons (Fsp3) is 0.381. The molecule has 1 fully saturated rings. The molecule has 0 bridgehead atoms. The highest BCUT2D eigenvalue weighted by Gasteiger charge is 2.22. The Bertz CT molecular complexity index is 819. The first kappa shape index (κ1) is 20.2. The number of nitrogens with two attached hydrogens (primary N) is 1. The van der Waals surface area contributed by atoms with Gasteiger partial charge in [0, 0.05) is 18.0 Å². The van der Waals surface area contributed by atoms with E-state index in [1.807, 2.05) is 30.1 Å². The van der Waals surface area contributed by atoms with Crippen molar-refractivity contribution in [1.82, 2.24) is 9.88 Å². The van der Waals surface area contributed by atoms with Gasteiger partial charge in [-0.05, 0) is 37.1 Å². The summed E-state index contributed by atoms with van der Waals surface area (Å²) in [6.45, 7) is 0. The van der Waals surface area contributed by atoms with Crippen LogP contribution >= 0.6 is 11.8 Å². The van der Waals surface area contributed by atoms with Crippen LogP contribution < -0.4 is 11.1 Å². The molecule has 0 radical (unpaired) electrons. The minimum Gasteiger partial charge on any atom is -0.384 e. The van der Waals surface area contributed by atoms with E-state index >= 15 is 0 Å². The van der Waals surface area contributed by atoms with E-state index in [0.717, 1.165) is 17.7 Å². The molecule has 1 aromatic carbocycles. The number of nitrogens with zero attached hydrogens (tertiary/aromatic N) is 2. The first-order valence-electron chi connectivity index (χ1n) is 9.55. The molecule has 3 rings (SSSR count). The average molecular weight is 399 g/mol. The molecule has 0 spiro atoms. The van der Waals surface area contributed by atoms with Gasteiger partial charge < -0.3 is 16.0 Å². The highest BCUT2D eigenvalue weighted by molar-refractivity contribution is 8.00. The molecular weight excluding hydrogens is 372 g/mol. The van der Waals surface area contributed by atoms with Crippen LogP contribution in [-0.4, -0.2) is 40.5 Å². The Morgan fingerprint density at radius 1 is 1.18 bits per heavy atom. The molecule has 0 saturated heterocycles. The molecule has 2 amide bonds. The van der Waals surface area contributed by atoms with E-state index in [9.17, 15) is 9.59 Å². The lowest BCUT2D eigenvalue weighted by Crippen LogP contribution is -2.39. The van der Waals surface area contributed by atoms with Crippen molar-refractivity contribution in [2.75, 3.05) is 23.9 Å². The summed E-state index contributed by atoms with van der Waals surface area (Å²) in [5.41, 5.74) is 6.69. The Balaban J connectivity index is 1.62. The zero-order valence-corrected chi connectivity index (χ0v) is 16.9. The molecule has 0 atom stereocenters. The molecule has 3 N–H and O–H groups in total. The van der Waals surface area contributed by atoms with Crippen molar-refractivity contribution >= 4 is 35.1 Å². The zero-order chi connectivity index (χ0) is 19.9. The fourth-order valence-corrected chi connectivity index (χ4v) is 4.34. The number of nitrogens with one attached hydrogen (secondary N) is 1. The zero-order valence-electron chi connectivity index (χ0n) is 16.1. The first-order valence-corrected chi connectivity index (χ1v) is 10.5. The van der Waals surface area contributed by atoms with Crippen molar-refractivity contribution in [1.29, 1.82) is 0 Å². The van der Waals surface area contributed by atoms with Crippen molar-refractivity contribution in [2.24, 2.45) is 0 Å². The lowest BCUT2D eigenvalue weighted by molar-refractivity contribution is -0.129. The van der Waals surface area contributed by atoms with Crippen molar-refractivity contribution in [3.05, 3.63) is 48.2 Å². The molecular formula is C21H26N4O2S. The minimum absolute atomic E-state index is 0.106. The number of aromatic nitrogens is 1. The molecule has 1 aliphatic rings. The largest absolute Gasteiger partial charge is 0.384 e. The molecule has 1 aliphatic carbocycles. The van der Waals surface area contributed by atoms with Gasteiger partial charge >= 0.3 is 0 Å². The third kappa shape index (κ3) is 5.25. The van der Waals surface area contributed by atoms with Gasteiger partial charge in [0.05, 0.1) is 23.2 Å². The number of hydrogen-bond donors (Lipinski definition) is 2. The molecule has 0 unspecified atom stereocenters. The number of anilines is 2. The van der Waals surface area contributed by atoms with Crippen LogP contribution in [0.15, 0.2) is 47.5 Å². The van der Waals surface area contributed by atoms with E-state index in [1.165, 1.54) is 37.2 Å². The Morgan fingerprint density at radius 3 is 2.64 bits per heavy atom. The highest BCUT2D eigenvalue weighted by Crippen LogP contribution is 2.26. The molecule has 6 nitrogen and oxygen atoms in total. The Labute approximate surface area is 169 Å². The molecule has 1 heterocycles. The van der Waals surface area contributed by atoms with E-state index < -0.39 is 0 Å². The number of pyridine rings is 1. The quantitative estimate of drug-likeness (QED) is 0.723. The topological polar surface area (TPSA) is 88.3 Å². The summed E-state index contributed by atoms with van der Waals surface area (Å²) in [6, 6.07) is 11.0. The van der Waals surface area contributed by atoms with Gasteiger partial charge in [0.15, 0.2) is 0 Å². The Hall–Kier alpha value is -2.54. The molecule has 148 valence electrons. The summed E-state index contributed by atoms with van der Waals surface area (Å²) in [5.74, 6) is 0.591. The normalized spacial score (nSPS) is 14.5. The van der Waals surface area contributed by atoms with Crippen LogP contribution in [-0.2, 0) is 4.79 Å². The van der Waals surface area contributed by atoms with Crippen LogP contribution in [0.4, 0.5) is 11.5 Å². The molecule has 1 aromatic heterocycles. The number of benzene rings is 1. The molecule has 7 heteroatoms. The smallest absolute Gasteiger partial charge is 0.256 e. The lowest BCUT2D eigenvalue weighted by atomic mass is 9.94.